The van der Waals surface area contributed by atoms with Gasteiger partial charge in [-0.1, -0.05) is 6.58 Å². The normalized spacial score (nSPS) is 22.4. The lowest BCUT2D eigenvalue weighted by molar-refractivity contribution is 0.487. The SMILES string of the molecule is C=CN=C1OC=C/C1=C/N=CC. The average molecular weight is 162 g/mol. The fourth-order valence-electron chi connectivity index (χ4n) is 0.752. The van der Waals surface area contributed by atoms with E-state index in [-0.39, 0.29) is 0 Å². The van der Waals surface area contributed by atoms with E-state index in [1.807, 2.05) is 6.92 Å². The van der Waals surface area contributed by atoms with Crippen LogP contribution in [0.2, 0.25) is 0 Å². The van der Waals surface area contributed by atoms with E-state index < -0.39 is 0 Å². The van der Waals surface area contributed by atoms with Crippen LogP contribution in [0.15, 0.2) is 46.9 Å². The first-order valence-electron chi connectivity index (χ1n) is 3.58. The zero-order valence-electron chi connectivity index (χ0n) is 6.90. The molecular formula is C9H10N2O. The second-order valence-corrected chi connectivity index (χ2v) is 2.03. The van der Waals surface area contributed by atoms with Crippen LogP contribution in [0.25, 0.3) is 0 Å². The Kier molecular flexibility index (Phi) is 3.02. The Morgan fingerprint density at radius 1 is 1.58 bits per heavy atom. The first kappa shape index (κ1) is 8.46. The summed E-state index contributed by atoms with van der Waals surface area (Å²) >= 11 is 0. The Labute approximate surface area is 71.5 Å². The van der Waals surface area contributed by atoms with Gasteiger partial charge in [0.25, 0.3) is 0 Å². The van der Waals surface area contributed by atoms with Gasteiger partial charge in [0, 0.05) is 18.6 Å². The van der Waals surface area contributed by atoms with Gasteiger partial charge in [0.15, 0.2) is 0 Å². The van der Waals surface area contributed by atoms with Crippen molar-refractivity contribution in [2.75, 3.05) is 0 Å². The molecule has 1 aliphatic rings. The van der Waals surface area contributed by atoms with Gasteiger partial charge in [-0.05, 0) is 13.0 Å². The van der Waals surface area contributed by atoms with E-state index in [9.17, 15) is 0 Å². The maximum atomic E-state index is 5.06. The van der Waals surface area contributed by atoms with Crippen molar-refractivity contribution in [2.24, 2.45) is 9.98 Å². The molecule has 0 amide bonds. The summed E-state index contributed by atoms with van der Waals surface area (Å²) in [5.41, 5.74) is 0.855. The fraction of sp³-hybridized carbons (Fsp3) is 0.111. The minimum Gasteiger partial charge on any atom is -0.446 e. The Hall–Kier alpha value is -1.64. The fourth-order valence-corrected chi connectivity index (χ4v) is 0.752. The van der Waals surface area contributed by atoms with Crippen LogP contribution in [0.5, 0.6) is 0 Å². The number of hydrogen-bond acceptors (Lipinski definition) is 3. The van der Waals surface area contributed by atoms with Gasteiger partial charge in [-0.3, -0.25) is 4.99 Å². The first-order valence-corrected chi connectivity index (χ1v) is 3.58. The van der Waals surface area contributed by atoms with E-state index in [4.69, 9.17) is 4.74 Å². The molecule has 0 aliphatic carbocycles. The maximum Gasteiger partial charge on any atom is 0.227 e. The Morgan fingerprint density at radius 2 is 2.42 bits per heavy atom. The molecule has 0 spiro atoms. The third-order valence-corrected chi connectivity index (χ3v) is 1.25. The van der Waals surface area contributed by atoms with E-state index in [0.717, 1.165) is 5.57 Å². The van der Waals surface area contributed by atoms with Crippen LogP contribution in [0.1, 0.15) is 6.92 Å². The van der Waals surface area contributed by atoms with Gasteiger partial charge in [-0.2, -0.15) is 0 Å². The molecule has 0 aromatic rings. The molecule has 0 bridgehead atoms. The molecule has 62 valence electrons. The molecule has 3 nitrogen and oxygen atoms in total. The largest absolute Gasteiger partial charge is 0.446 e. The van der Waals surface area contributed by atoms with Crippen molar-refractivity contribution in [1.82, 2.24) is 0 Å². The highest BCUT2D eigenvalue weighted by molar-refractivity contribution is 5.99. The minimum absolute atomic E-state index is 0.538. The smallest absolute Gasteiger partial charge is 0.227 e. The number of aliphatic imine (C=N–C) groups is 2. The molecule has 12 heavy (non-hydrogen) atoms. The van der Waals surface area contributed by atoms with Gasteiger partial charge >= 0.3 is 0 Å². The molecule has 0 saturated heterocycles. The van der Waals surface area contributed by atoms with Crippen LogP contribution in [-0.4, -0.2) is 12.1 Å². The van der Waals surface area contributed by atoms with Crippen molar-refractivity contribution >= 4 is 12.1 Å². The molecular weight excluding hydrogens is 152 g/mol. The van der Waals surface area contributed by atoms with Crippen molar-refractivity contribution in [3.63, 3.8) is 0 Å². The molecule has 0 fully saturated rings. The predicted molar refractivity (Wildman–Crippen MR) is 50.1 cm³/mol. The molecule has 0 aromatic carbocycles. The summed E-state index contributed by atoms with van der Waals surface area (Å²) in [5, 5.41) is 0. The highest BCUT2D eigenvalue weighted by Gasteiger charge is 2.09. The number of hydrogen-bond donors (Lipinski definition) is 0. The number of rotatable bonds is 2. The van der Waals surface area contributed by atoms with Crippen molar-refractivity contribution in [3.05, 3.63) is 36.9 Å². The second kappa shape index (κ2) is 4.28. The standard InChI is InChI=1S/C9H10N2O/c1-3-10-7-8-5-6-12-9(8)11-4-2/h3-7H,2H2,1H3/b8-7-,10-3?,11-9?. The summed E-state index contributed by atoms with van der Waals surface area (Å²) in [6, 6.07) is 0. The monoisotopic (exact) mass is 162 g/mol. The van der Waals surface area contributed by atoms with Crippen LogP contribution in [0.3, 0.4) is 0 Å². The minimum atomic E-state index is 0.538. The summed E-state index contributed by atoms with van der Waals surface area (Å²) in [6.45, 7) is 5.33. The average Bonchev–Trinajstić information content (AvgIpc) is 2.50. The molecule has 0 radical (unpaired) electrons. The zero-order valence-corrected chi connectivity index (χ0v) is 6.90. The number of nitrogens with zero attached hydrogens (tertiary/aromatic N) is 2. The van der Waals surface area contributed by atoms with E-state index in [1.54, 1.807) is 24.8 Å². The van der Waals surface area contributed by atoms with Gasteiger partial charge in [-0.15, -0.1) is 0 Å². The molecule has 0 N–H and O–H groups in total. The van der Waals surface area contributed by atoms with E-state index in [1.165, 1.54) is 6.20 Å². The summed E-state index contributed by atoms with van der Waals surface area (Å²) in [5.74, 6) is 0.538. The molecule has 0 atom stereocenters. The van der Waals surface area contributed by atoms with Gasteiger partial charge in [0.05, 0.1) is 11.8 Å². The Balaban J connectivity index is 2.82. The van der Waals surface area contributed by atoms with Gasteiger partial charge in [0.2, 0.25) is 5.90 Å². The predicted octanol–water partition coefficient (Wildman–Crippen LogP) is 2.05. The van der Waals surface area contributed by atoms with Crippen molar-refractivity contribution in [1.29, 1.82) is 0 Å². The van der Waals surface area contributed by atoms with E-state index in [0.29, 0.717) is 5.90 Å². The molecule has 1 heterocycles. The summed E-state index contributed by atoms with van der Waals surface area (Å²) in [6.07, 6.45) is 8.19. The van der Waals surface area contributed by atoms with Crippen LogP contribution < -0.4 is 0 Å². The zero-order chi connectivity index (χ0) is 8.81. The summed E-state index contributed by atoms with van der Waals surface area (Å²) in [7, 11) is 0. The second-order valence-electron chi connectivity index (χ2n) is 2.03. The summed E-state index contributed by atoms with van der Waals surface area (Å²) in [4.78, 5) is 7.86. The lowest BCUT2D eigenvalue weighted by atomic mass is 10.3. The van der Waals surface area contributed by atoms with Crippen molar-refractivity contribution in [2.45, 2.75) is 6.92 Å². The first-order chi connectivity index (χ1) is 5.88. The van der Waals surface area contributed by atoms with Crippen molar-refractivity contribution < 1.29 is 4.74 Å². The van der Waals surface area contributed by atoms with Gasteiger partial charge in [-0.25, -0.2) is 4.99 Å². The highest BCUT2D eigenvalue weighted by Crippen LogP contribution is 2.10. The highest BCUT2D eigenvalue weighted by atomic mass is 16.5. The van der Waals surface area contributed by atoms with Crippen molar-refractivity contribution in [3.8, 4) is 0 Å². The van der Waals surface area contributed by atoms with E-state index in [2.05, 4.69) is 16.6 Å². The Morgan fingerprint density at radius 3 is 3.08 bits per heavy atom. The lowest BCUT2D eigenvalue weighted by Gasteiger charge is -1.94. The topological polar surface area (TPSA) is 34.0 Å². The van der Waals surface area contributed by atoms with Crippen LogP contribution in [0.4, 0.5) is 0 Å². The third kappa shape index (κ3) is 1.92. The molecule has 0 saturated carbocycles. The van der Waals surface area contributed by atoms with Crippen LogP contribution >= 0.6 is 0 Å². The van der Waals surface area contributed by atoms with Crippen LogP contribution in [0, 0.1) is 0 Å². The van der Waals surface area contributed by atoms with Gasteiger partial charge in [0.1, 0.15) is 0 Å². The van der Waals surface area contributed by atoms with Gasteiger partial charge < -0.3 is 4.74 Å². The lowest BCUT2D eigenvalue weighted by Crippen LogP contribution is -1.95. The molecule has 1 aliphatic heterocycles. The molecule has 0 unspecified atom stereocenters. The number of ether oxygens (including phenoxy) is 1. The molecule has 0 aromatic heterocycles. The Bertz CT molecular complexity index is 285. The summed E-state index contributed by atoms with van der Waals surface area (Å²) < 4.78 is 5.06. The third-order valence-electron chi connectivity index (χ3n) is 1.25. The van der Waals surface area contributed by atoms with Crippen LogP contribution in [-0.2, 0) is 4.74 Å². The molecule has 3 heteroatoms. The maximum absolute atomic E-state index is 5.06. The quantitative estimate of drug-likeness (QED) is 0.572. The molecule has 1 rings (SSSR count). The van der Waals surface area contributed by atoms with E-state index >= 15 is 0 Å².